The van der Waals surface area contributed by atoms with E-state index in [4.69, 9.17) is 16.3 Å². The minimum Gasteiger partial charge on any atom is -0.452 e. The molecule has 1 saturated heterocycles. The van der Waals surface area contributed by atoms with E-state index in [0.717, 1.165) is 37.6 Å². The SMILES string of the molecule is CCC1CCCCN1C(=O)COC(=O)c1ccc2nc(Cl)ccc2c1. The number of nitrogens with zero attached hydrogens (tertiary/aromatic N) is 2. The molecule has 0 N–H and O–H groups in total. The molecule has 0 radical (unpaired) electrons. The Morgan fingerprint density at radius 3 is 2.92 bits per heavy atom. The van der Waals surface area contributed by atoms with Crippen LogP contribution in [0.2, 0.25) is 5.15 Å². The first kappa shape index (κ1) is 17.7. The predicted molar refractivity (Wildman–Crippen MR) is 96.7 cm³/mol. The second-order valence-electron chi connectivity index (χ2n) is 6.26. The van der Waals surface area contributed by atoms with E-state index >= 15 is 0 Å². The molecule has 2 aromatic rings. The Labute approximate surface area is 151 Å². The van der Waals surface area contributed by atoms with Gasteiger partial charge in [-0.1, -0.05) is 18.5 Å². The van der Waals surface area contributed by atoms with Gasteiger partial charge in [-0.2, -0.15) is 0 Å². The first-order valence-corrected chi connectivity index (χ1v) is 8.99. The molecule has 1 unspecified atom stereocenters. The molecule has 1 aliphatic rings. The van der Waals surface area contributed by atoms with Crippen molar-refractivity contribution in [3.8, 4) is 0 Å². The van der Waals surface area contributed by atoms with E-state index in [2.05, 4.69) is 11.9 Å². The van der Waals surface area contributed by atoms with Gasteiger partial charge in [0.15, 0.2) is 6.61 Å². The minimum absolute atomic E-state index is 0.117. The summed E-state index contributed by atoms with van der Waals surface area (Å²) in [4.78, 5) is 30.7. The van der Waals surface area contributed by atoms with Crippen LogP contribution in [0.3, 0.4) is 0 Å². The number of ether oxygens (including phenoxy) is 1. The standard InChI is InChI=1S/C19H21ClN2O3/c1-2-15-5-3-4-10-22(15)18(23)12-25-19(24)14-6-8-16-13(11-14)7-9-17(20)21-16/h6-9,11,15H,2-5,10,12H2,1H3. The van der Waals surface area contributed by atoms with Gasteiger partial charge in [-0.25, -0.2) is 9.78 Å². The maximum Gasteiger partial charge on any atom is 0.338 e. The minimum atomic E-state index is -0.504. The highest BCUT2D eigenvalue weighted by Crippen LogP contribution is 2.20. The van der Waals surface area contributed by atoms with Crippen LogP contribution >= 0.6 is 11.6 Å². The Balaban J connectivity index is 1.64. The number of hydrogen-bond donors (Lipinski definition) is 0. The lowest BCUT2D eigenvalue weighted by molar-refractivity contribution is -0.138. The number of pyridine rings is 1. The molecule has 0 bridgehead atoms. The number of piperidine rings is 1. The first-order valence-electron chi connectivity index (χ1n) is 8.61. The Hall–Kier alpha value is -2.14. The zero-order valence-electron chi connectivity index (χ0n) is 14.2. The van der Waals surface area contributed by atoms with E-state index in [1.54, 1.807) is 30.3 Å². The van der Waals surface area contributed by atoms with Crippen LogP contribution in [0.4, 0.5) is 0 Å². The summed E-state index contributed by atoms with van der Waals surface area (Å²) in [6.45, 7) is 2.61. The van der Waals surface area contributed by atoms with Crippen molar-refractivity contribution in [3.63, 3.8) is 0 Å². The van der Waals surface area contributed by atoms with Crippen LogP contribution in [-0.4, -0.2) is 41.0 Å². The van der Waals surface area contributed by atoms with Gasteiger partial charge in [0.1, 0.15) is 5.15 Å². The summed E-state index contributed by atoms with van der Waals surface area (Å²) in [7, 11) is 0. The molecule has 3 rings (SSSR count). The number of hydrogen-bond acceptors (Lipinski definition) is 4. The van der Waals surface area contributed by atoms with Crippen molar-refractivity contribution in [1.82, 2.24) is 9.88 Å². The average molecular weight is 361 g/mol. The van der Waals surface area contributed by atoms with E-state index in [9.17, 15) is 9.59 Å². The molecule has 132 valence electrons. The molecule has 1 atom stereocenters. The topological polar surface area (TPSA) is 59.5 Å². The summed E-state index contributed by atoms with van der Waals surface area (Å²) in [5.74, 6) is -0.621. The van der Waals surface area contributed by atoms with Gasteiger partial charge >= 0.3 is 5.97 Å². The maximum atomic E-state index is 12.4. The Kier molecular flexibility index (Phi) is 5.53. The third-order valence-corrected chi connectivity index (χ3v) is 4.85. The highest BCUT2D eigenvalue weighted by Gasteiger charge is 2.26. The van der Waals surface area contributed by atoms with E-state index in [-0.39, 0.29) is 18.6 Å². The number of likely N-dealkylation sites (tertiary alicyclic amines) is 1. The molecule has 6 heteroatoms. The molecule has 1 aliphatic heterocycles. The molecule has 5 nitrogen and oxygen atoms in total. The van der Waals surface area contributed by atoms with E-state index in [1.165, 1.54) is 0 Å². The molecular formula is C19H21ClN2O3. The number of halogens is 1. The monoisotopic (exact) mass is 360 g/mol. The van der Waals surface area contributed by atoms with Crippen LogP contribution < -0.4 is 0 Å². The lowest BCUT2D eigenvalue weighted by Crippen LogP contribution is -2.45. The quantitative estimate of drug-likeness (QED) is 0.614. The molecule has 1 amide bonds. The molecule has 2 heterocycles. The van der Waals surface area contributed by atoms with E-state index in [1.807, 2.05) is 4.90 Å². The summed E-state index contributed by atoms with van der Waals surface area (Å²) in [5, 5.41) is 1.20. The Bertz CT molecular complexity index is 793. The van der Waals surface area contributed by atoms with Gasteiger partial charge < -0.3 is 9.64 Å². The van der Waals surface area contributed by atoms with Crippen LogP contribution in [0.25, 0.3) is 10.9 Å². The van der Waals surface area contributed by atoms with Crippen molar-refractivity contribution in [2.24, 2.45) is 0 Å². The lowest BCUT2D eigenvalue weighted by atomic mass is 10.00. The number of amides is 1. The van der Waals surface area contributed by atoms with Crippen molar-refractivity contribution >= 4 is 34.4 Å². The molecule has 1 aromatic carbocycles. The summed E-state index contributed by atoms with van der Waals surface area (Å²) in [6.07, 6.45) is 4.12. The van der Waals surface area contributed by atoms with Gasteiger partial charge in [-0.05, 0) is 56.0 Å². The fourth-order valence-electron chi connectivity index (χ4n) is 3.27. The summed E-state index contributed by atoms with van der Waals surface area (Å²) in [5.41, 5.74) is 1.11. The molecule has 25 heavy (non-hydrogen) atoms. The van der Waals surface area contributed by atoms with Crippen LogP contribution in [0.1, 0.15) is 43.0 Å². The van der Waals surface area contributed by atoms with Crippen LogP contribution in [-0.2, 0) is 9.53 Å². The third-order valence-electron chi connectivity index (χ3n) is 4.64. The Morgan fingerprint density at radius 1 is 1.28 bits per heavy atom. The van der Waals surface area contributed by atoms with Crippen LogP contribution in [0, 0.1) is 0 Å². The third kappa shape index (κ3) is 4.10. The number of aromatic nitrogens is 1. The summed E-state index contributed by atoms with van der Waals surface area (Å²) >= 11 is 5.86. The zero-order chi connectivity index (χ0) is 17.8. The van der Waals surface area contributed by atoms with Crippen LogP contribution in [0.5, 0.6) is 0 Å². The van der Waals surface area contributed by atoms with E-state index in [0.29, 0.717) is 16.2 Å². The molecule has 0 spiro atoms. The normalized spacial score (nSPS) is 17.5. The van der Waals surface area contributed by atoms with Crippen molar-refractivity contribution in [2.45, 2.75) is 38.6 Å². The lowest BCUT2D eigenvalue weighted by Gasteiger charge is -2.35. The number of rotatable bonds is 4. The first-order chi connectivity index (χ1) is 12.1. The van der Waals surface area contributed by atoms with Crippen molar-refractivity contribution < 1.29 is 14.3 Å². The van der Waals surface area contributed by atoms with Gasteiger partial charge in [0.25, 0.3) is 5.91 Å². The fraction of sp³-hybridized carbons (Fsp3) is 0.421. The molecule has 0 aliphatic carbocycles. The predicted octanol–water partition coefficient (Wildman–Crippen LogP) is 3.84. The molecule has 0 saturated carbocycles. The highest BCUT2D eigenvalue weighted by molar-refractivity contribution is 6.29. The molecular weight excluding hydrogens is 340 g/mol. The molecule has 1 fully saturated rings. The van der Waals surface area contributed by atoms with Crippen molar-refractivity contribution in [3.05, 3.63) is 41.0 Å². The van der Waals surface area contributed by atoms with Gasteiger partial charge in [-0.3, -0.25) is 4.79 Å². The fourth-order valence-corrected chi connectivity index (χ4v) is 3.43. The number of carbonyl (C=O) groups excluding carboxylic acids is 2. The van der Waals surface area contributed by atoms with Gasteiger partial charge in [0.2, 0.25) is 0 Å². The van der Waals surface area contributed by atoms with Gasteiger partial charge in [0.05, 0.1) is 11.1 Å². The number of fused-ring (bicyclic) bond motifs is 1. The number of carbonyl (C=O) groups is 2. The van der Waals surface area contributed by atoms with Crippen molar-refractivity contribution in [1.29, 1.82) is 0 Å². The second kappa shape index (κ2) is 7.83. The maximum absolute atomic E-state index is 12.4. The van der Waals surface area contributed by atoms with Gasteiger partial charge in [0, 0.05) is 18.0 Å². The smallest absolute Gasteiger partial charge is 0.338 e. The zero-order valence-corrected chi connectivity index (χ0v) is 15.0. The molecule has 1 aromatic heterocycles. The van der Waals surface area contributed by atoms with Gasteiger partial charge in [-0.15, -0.1) is 0 Å². The second-order valence-corrected chi connectivity index (χ2v) is 6.65. The van der Waals surface area contributed by atoms with E-state index < -0.39 is 5.97 Å². The number of benzene rings is 1. The Morgan fingerprint density at radius 2 is 2.12 bits per heavy atom. The largest absolute Gasteiger partial charge is 0.452 e. The van der Waals surface area contributed by atoms with Crippen molar-refractivity contribution in [2.75, 3.05) is 13.2 Å². The average Bonchev–Trinajstić information content (AvgIpc) is 2.65. The summed E-state index contributed by atoms with van der Waals surface area (Å²) < 4.78 is 5.23. The number of esters is 1. The van der Waals surface area contributed by atoms with Crippen LogP contribution in [0.15, 0.2) is 30.3 Å². The highest BCUT2D eigenvalue weighted by atomic mass is 35.5. The summed E-state index contributed by atoms with van der Waals surface area (Å²) in [6, 6.07) is 8.78.